The predicted octanol–water partition coefficient (Wildman–Crippen LogP) is 1.07. The Morgan fingerprint density at radius 2 is 1.93 bits per heavy atom. The van der Waals surface area contributed by atoms with Gasteiger partial charge in [0.05, 0.1) is 45.6 Å². The number of nitrogens with zero attached hydrogens (tertiary/aromatic N) is 2. The van der Waals surface area contributed by atoms with Gasteiger partial charge in [0, 0.05) is 44.4 Å². The molecule has 0 radical (unpaired) electrons. The van der Waals surface area contributed by atoms with Crippen molar-refractivity contribution in [3.63, 3.8) is 0 Å². The molecule has 1 amide bonds. The normalized spacial score (nSPS) is 19.0. The minimum absolute atomic E-state index is 0.00576. The fourth-order valence-corrected chi connectivity index (χ4v) is 3.49. The Kier molecular flexibility index (Phi) is 5.85. The lowest BCUT2D eigenvalue weighted by atomic mass is 9.90. The zero-order valence-corrected chi connectivity index (χ0v) is 16.1. The van der Waals surface area contributed by atoms with Crippen molar-refractivity contribution < 1.29 is 19.0 Å². The molecule has 1 aromatic carbocycles. The van der Waals surface area contributed by atoms with Gasteiger partial charge in [-0.25, -0.2) is 0 Å². The highest BCUT2D eigenvalue weighted by Gasteiger charge is 2.34. The van der Waals surface area contributed by atoms with Crippen LogP contribution in [0.5, 0.6) is 17.2 Å². The van der Waals surface area contributed by atoms with E-state index in [0.717, 1.165) is 17.7 Å². The molecule has 146 valence electrons. The first-order chi connectivity index (χ1) is 13.1. The maximum atomic E-state index is 12.8. The van der Waals surface area contributed by atoms with Crippen LogP contribution in [-0.2, 0) is 18.4 Å². The molecule has 0 saturated carbocycles. The zero-order chi connectivity index (χ0) is 19.4. The van der Waals surface area contributed by atoms with Crippen molar-refractivity contribution in [3.8, 4) is 17.2 Å². The molecule has 0 unspecified atom stereocenters. The maximum Gasteiger partial charge on any atom is 0.225 e. The van der Waals surface area contributed by atoms with Crippen molar-refractivity contribution in [1.82, 2.24) is 20.4 Å². The van der Waals surface area contributed by atoms with Gasteiger partial charge in [-0.2, -0.15) is 5.10 Å². The molecule has 0 spiro atoms. The molecule has 1 fully saturated rings. The standard InChI is InChI=1S/C19H26N4O4/c1-23-11-12(7-22-23)14-8-20-9-15(14)19(24)21-10-16-17(26-3)5-13(25-2)6-18(16)27-4/h5-7,11,14-15,20H,8-10H2,1-4H3,(H,21,24)/t14-,15+/m1/s1. The van der Waals surface area contributed by atoms with Crippen molar-refractivity contribution in [3.05, 3.63) is 35.7 Å². The Hall–Kier alpha value is -2.74. The number of amides is 1. The quantitative estimate of drug-likeness (QED) is 0.754. The molecule has 8 nitrogen and oxygen atoms in total. The van der Waals surface area contributed by atoms with Crippen LogP contribution in [0.25, 0.3) is 0 Å². The number of methoxy groups -OCH3 is 3. The molecular weight excluding hydrogens is 348 g/mol. The predicted molar refractivity (Wildman–Crippen MR) is 100 cm³/mol. The molecule has 2 atom stereocenters. The molecule has 1 aromatic heterocycles. The molecule has 0 bridgehead atoms. The smallest absolute Gasteiger partial charge is 0.225 e. The average Bonchev–Trinajstić information content (AvgIpc) is 3.34. The summed E-state index contributed by atoms with van der Waals surface area (Å²) in [5.74, 6) is 1.81. The Bertz CT molecular complexity index is 780. The van der Waals surface area contributed by atoms with Crippen LogP contribution in [0.3, 0.4) is 0 Å². The fourth-order valence-electron chi connectivity index (χ4n) is 3.49. The first-order valence-corrected chi connectivity index (χ1v) is 8.83. The lowest BCUT2D eigenvalue weighted by Crippen LogP contribution is -2.34. The summed E-state index contributed by atoms with van der Waals surface area (Å²) in [6.07, 6.45) is 3.79. The van der Waals surface area contributed by atoms with Crippen molar-refractivity contribution in [2.45, 2.75) is 12.5 Å². The highest BCUT2D eigenvalue weighted by atomic mass is 16.5. The van der Waals surface area contributed by atoms with E-state index in [0.29, 0.717) is 30.3 Å². The van der Waals surface area contributed by atoms with Gasteiger partial charge in [-0.15, -0.1) is 0 Å². The van der Waals surface area contributed by atoms with Gasteiger partial charge in [0.2, 0.25) is 5.91 Å². The Morgan fingerprint density at radius 1 is 1.22 bits per heavy atom. The third kappa shape index (κ3) is 4.00. The van der Waals surface area contributed by atoms with E-state index in [1.165, 1.54) is 0 Å². The van der Waals surface area contributed by atoms with Gasteiger partial charge in [0.25, 0.3) is 0 Å². The van der Waals surface area contributed by atoms with Gasteiger partial charge in [-0.3, -0.25) is 9.48 Å². The van der Waals surface area contributed by atoms with Gasteiger partial charge in [-0.05, 0) is 5.56 Å². The molecule has 1 aliphatic rings. The second-order valence-corrected chi connectivity index (χ2v) is 6.55. The summed E-state index contributed by atoms with van der Waals surface area (Å²) in [6, 6.07) is 3.55. The highest BCUT2D eigenvalue weighted by molar-refractivity contribution is 5.80. The van der Waals surface area contributed by atoms with Crippen LogP contribution in [0, 0.1) is 5.92 Å². The van der Waals surface area contributed by atoms with E-state index in [9.17, 15) is 4.79 Å². The minimum atomic E-state index is -0.149. The van der Waals surface area contributed by atoms with Crippen LogP contribution >= 0.6 is 0 Å². The third-order valence-electron chi connectivity index (χ3n) is 4.96. The number of benzene rings is 1. The number of aryl methyl sites for hydroxylation is 1. The van der Waals surface area contributed by atoms with E-state index in [1.54, 1.807) is 38.1 Å². The molecule has 2 N–H and O–H groups in total. The van der Waals surface area contributed by atoms with Gasteiger partial charge in [-0.1, -0.05) is 0 Å². The van der Waals surface area contributed by atoms with Crippen LogP contribution in [-0.4, -0.2) is 50.1 Å². The number of ether oxygens (including phenoxy) is 3. The summed E-state index contributed by atoms with van der Waals surface area (Å²) < 4.78 is 17.9. The Balaban J connectivity index is 1.73. The van der Waals surface area contributed by atoms with Gasteiger partial charge in [0.1, 0.15) is 17.2 Å². The van der Waals surface area contributed by atoms with Crippen LogP contribution in [0.1, 0.15) is 17.0 Å². The number of aromatic nitrogens is 2. The number of hydrogen-bond acceptors (Lipinski definition) is 6. The SMILES string of the molecule is COc1cc(OC)c(CNC(=O)[C@H]2CNC[C@@H]2c2cnn(C)c2)c(OC)c1. The lowest BCUT2D eigenvalue weighted by Gasteiger charge is -2.19. The Labute approximate surface area is 158 Å². The summed E-state index contributed by atoms with van der Waals surface area (Å²) in [7, 11) is 6.63. The minimum Gasteiger partial charge on any atom is -0.496 e. The van der Waals surface area contributed by atoms with Gasteiger partial charge in [0.15, 0.2) is 0 Å². The number of carbonyl (C=O) groups is 1. The summed E-state index contributed by atoms with van der Waals surface area (Å²) in [5.41, 5.74) is 1.85. The highest BCUT2D eigenvalue weighted by Crippen LogP contribution is 2.34. The van der Waals surface area contributed by atoms with E-state index in [-0.39, 0.29) is 17.7 Å². The van der Waals surface area contributed by atoms with Crippen molar-refractivity contribution in [1.29, 1.82) is 0 Å². The first-order valence-electron chi connectivity index (χ1n) is 8.83. The van der Waals surface area contributed by atoms with Gasteiger partial charge >= 0.3 is 0 Å². The maximum absolute atomic E-state index is 12.8. The zero-order valence-electron chi connectivity index (χ0n) is 16.1. The summed E-state index contributed by atoms with van der Waals surface area (Å²) in [4.78, 5) is 12.8. The van der Waals surface area contributed by atoms with Crippen molar-refractivity contribution in [2.75, 3.05) is 34.4 Å². The van der Waals surface area contributed by atoms with Crippen molar-refractivity contribution >= 4 is 5.91 Å². The fraction of sp³-hybridized carbons (Fsp3) is 0.474. The molecule has 2 heterocycles. The van der Waals surface area contributed by atoms with E-state index < -0.39 is 0 Å². The first kappa shape index (κ1) is 19.0. The lowest BCUT2D eigenvalue weighted by molar-refractivity contribution is -0.125. The number of rotatable bonds is 7. The van der Waals surface area contributed by atoms with E-state index in [2.05, 4.69) is 15.7 Å². The number of nitrogens with one attached hydrogen (secondary N) is 2. The monoisotopic (exact) mass is 374 g/mol. The van der Waals surface area contributed by atoms with Crippen LogP contribution < -0.4 is 24.8 Å². The summed E-state index contributed by atoms with van der Waals surface area (Å²) in [5, 5.41) is 10.6. The molecule has 3 rings (SSSR count). The largest absolute Gasteiger partial charge is 0.496 e. The molecule has 27 heavy (non-hydrogen) atoms. The molecule has 0 aliphatic carbocycles. The summed E-state index contributed by atoms with van der Waals surface area (Å²) in [6.45, 7) is 1.71. The molecule has 1 aliphatic heterocycles. The number of hydrogen-bond donors (Lipinski definition) is 2. The molecule has 8 heteroatoms. The topological polar surface area (TPSA) is 86.6 Å². The van der Waals surface area contributed by atoms with E-state index in [4.69, 9.17) is 14.2 Å². The second kappa shape index (κ2) is 8.30. The average molecular weight is 374 g/mol. The third-order valence-corrected chi connectivity index (χ3v) is 4.96. The Morgan fingerprint density at radius 3 is 2.48 bits per heavy atom. The van der Waals surface area contributed by atoms with Crippen LogP contribution in [0.4, 0.5) is 0 Å². The van der Waals surface area contributed by atoms with Crippen LogP contribution in [0.2, 0.25) is 0 Å². The summed E-state index contributed by atoms with van der Waals surface area (Å²) >= 11 is 0. The van der Waals surface area contributed by atoms with Crippen LogP contribution in [0.15, 0.2) is 24.5 Å². The number of carbonyl (C=O) groups excluding carboxylic acids is 1. The molecule has 2 aromatic rings. The molecular formula is C19H26N4O4. The molecule has 1 saturated heterocycles. The van der Waals surface area contributed by atoms with Gasteiger partial charge < -0.3 is 24.8 Å². The van der Waals surface area contributed by atoms with E-state index >= 15 is 0 Å². The second-order valence-electron chi connectivity index (χ2n) is 6.55. The van der Waals surface area contributed by atoms with Crippen molar-refractivity contribution in [2.24, 2.45) is 13.0 Å². The van der Waals surface area contributed by atoms with E-state index in [1.807, 2.05) is 19.4 Å².